The maximum atomic E-state index is 12.4. The fourth-order valence-electron chi connectivity index (χ4n) is 11.7. The second kappa shape index (κ2) is 13.9. The zero-order valence-electron chi connectivity index (χ0n) is 36.7. The summed E-state index contributed by atoms with van der Waals surface area (Å²) < 4.78 is 16.0. The molecule has 5 heterocycles. The molecule has 0 aliphatic rings. The van der Waals surface area contributed by atoms with E-state index in [4.69, 9.17) is 4.42 Å². The van der Waals surface area contributed by atoms with Crippen LogP contribution < -0.4 is 0 Å². The van der Waals surface area contributed by atoms with Gasteiger partial charge < -0.3 is 22.7 Å². The van der Waals surface area contributed by atoms with Crippen LogP contribution in [0.5, 0.6) is 0 Å². The van der Waals surface area contributed by atoms with Gasteiger partial charge in [0.15, 0.2) is 5.58 Å². The van der Waals surface area contributed by atoms with Crippen molar-refractivity contribution < 1.29 is 4.42 Å². The van der Waals surface area contributed by atoms with E-state index in [9.17, 15) is 10.5 Å². The smallest absolute Gasteiger partial charge is 0.160 e. The summed E-state index contributed by atoms with van der Waals surface area (Å²) in [5.74, 6) is 0. The lowest BCUT2D eigenvalue weighted by Crippen LogP contribution is -2.17. The minimum absolute atomic E-state index is 0.343. The van der Waals surface area contributed by atoms with E-state index in [2.05, 4.69) is 194 Å². The molecule has 69 heavy (non-hydrogen) atoms. The van der Waals surface area contributed by atoms with E-state index in [1.807, 2.05) is 42.5 Å². The molecule has 0 aliphatic carbocycles. The molecule has 10 aromatic carbocycles. The minimum Gasteiger partial charge on any atom is -0.454 e. The monoisotopic (exact) mass is 878 g/mol. The first-order valence-electron chi connectivity index (χ1n) is 23.1. The van der Waals surface area contributed by atoms with Crippen LogP contribution in [0.15, 0.2) is 211 Å². The average molecular weight is 879 g/mol. The maximum absolute atomic E-state index is 12.4. The summed E-state index contributed by atoms with van der Waals surface area (Å²) in [4.78, 5) is 0. The van der Waals surface area contributed by atoms with E-state index in [0.717, 1.165) is 104 Å². The van der Waals surface area contributed by atoms with Gasteiger partial charge in [-0.1, -0.05) is 152 Å². The third kappa shape index (κ3) is 4.82. The molecule has 0 fully saturated rings. The van der Waals surface area contributed by atoms with Crippen molar-refractivity contribution in [2.24, 2.45) is 0 Å². The van der Waals surface area contributed by atoms with E-state index in [1.54, 1.807) is 0 Å². The highest BCUT2D eigenvalue weighted by Gasteiger charge is 2.35. The summed E-state index contributed by atoms with van der Waals surface area (Å²) >= 11 is 0. The molecular weight excluding hydrogens is 845 g/mol. The SMILES string of the molecule is N#Cc1c(-n2c3ccccc3c3ccccc32)c(C#N)c(-n2c3ccccc3c3ccc4c5ccccc5oc4c32)c(-n2c3ccccc3c3ccccc32)c1-n1c2ccccc2c2ccccc21. The number of nitriles is 2. The van der Waals surface area contributed by atoms with Gasteiger partial charge in [0.2, 0.25) is 0 Å². The number of aromatic nitrogens is 4. The van der Waals surface area contributed by atoms with E-state index < -0.39 is 0 Å². The lowest BCUT2D eigenvalue weighted by atomic mass is 9.98. The molecule has 0 saturated carbocycles. The number of hydrogen-bond donors (Lipinski definition) is 0. The second-order valence-electron chi connectivity index (χ2n) is 17.8. The molecule has 0 saturated heterocycles. The Kier molecular flexibility index (Phi) is 7.51. The van der Waals surface area contributed by atoms with E-state index in [0.29, 0.717) is 39.5 Å². The third-order valence-corrected chi connectivity index (χ3v) is 14.4. The van der Waals surface area contributed by atoms with Crippen LogP contribution in [0, 0.1) is 22.7 Å². The molecule has 15 rings (SSSR count). The van der Waals surface area contributed by atoms with E-state index in [-0.39, 0.29) is 0 Å². The van der Waals surface area contributed by atoms with Crippen LogP contribution in [0.3, 0.4) is 0 Å². The van der Waals surface area contributed by atoms with Crippen molar-refractivity contribution in [1.29, 1.82) is 10.5 Å². The third-order valence-electron chi connectivity index (χ3n) is 14.4. The van der Waals surface area contributed by atoms with Gasteiger partial charge in [-0.2, -0.15) is 10.5 Å². The van der Waals surface area contributed by atoms with Crippen LogP contribution in [0.4, 0.5) is 0 Å². The Labute approximate surface area is 392 Å². The number of furan rings is 1. The Bertz CT molecular complexity index is 4660. The van der Waals surface area contributed by atoms with Crippen LogP contribution in [-0.2, 0) is 0 Å². The van der Waals surface area contributed by atoms with Crippen molar-refractivity contribution in [3.8, 4) is 34.9 Å². The Hall–Kier alpha value is -9.82. The van der Waals surface area contributed by atoms with Crippen molar-refractivity contribution >= 4 is 109 Å². The van der Waals surface area contributed by atoms with Crippen molar-refractivity contribution in [2.45, 2.75) is 0 Å². The lowest BCUT2D eigenvalue weighted by Gasteiger charge is -2.27. The lowest BCUT2D eigenvalue weighted by molar-refractivity contribution is 0.671. The summed E-state index contributed by atoms with van der Waals surface area (Å²) in [6, 6.07) is 77.0. The normalized spacial score (nSPS) is 12.0. The van der Waals surface area contributed by atoms with Crippen molar-refractivity contribution in [2.75, 3.05) is 0 Å². The van der Waals surface area contributed by atoms with Gasteiger partial charge in [0.25, 0.3) is 0 Å². The standard InChI is InChI=1S/C62H34N6O/c63-35-47-57(65-49-25-9-1-17-37(49)38-18-2-10-26-50(38)65)48(36-64)59(68-55-31-15-7-23-43(55)45-33-34-46-44-24-8-16-32-56(44)69-62(46)60(45)68)61(67-53-29-13-5-21-41(53)42-22-6-14-30-54(42)67)58(47)66-51-27-11-3-19-39(51)40-20-4-12-28-52(40)66/h1-34H. The van der Waals surface area contributed by atoms with Crippen LogP contribution in [0.2, 0.25) is 0 Å². The van der Waals surface area contributed by atoms with Gasteiger partial charge in [-0.3, -0.25) is 0 Å². The summed E-state index contributed by atoms with van der Waals surface area (Å²) in [5.41, 5.74) is 11.9. The Morgan fingerprint density at radius 3 is 1.00 bits per heavy atom. The van der Waals surface area contributed by atoms with Crippen LogP contribution in [0.25, 0.3) is 132 Å². The summed E-state index contributed by atoms with van der Waals surface area (Å²) in [5, 5.41) is 35.0. The molecule has 0 atom stereocenters. The summed E-state index contributed by atoms with van der Waals surface area (Å²) in [6.07, 6.45) is 0. The highest BCUT2D eigenvalue weighted by atomic mass is 16.3. The van der Waals surface area contributed by atoms with Gasteiger partial charge >= 0.3 is 0 Å². The van der Waals surface area contributed by atoms with Crippen LogP contribution in [0.1, 0.15) is 11.1 Å². The molecule has 0 spiro atoms. The fraction of sp³-hybridized carbons (Fsp3) is 0. The Morgan fingerprint density at radius 1 is 0.275 bits per heavy atom. The number of nitrogens with zero attached hydrogens (tertiary/aromatic N) is 6. The van der Waals surface area contributed by atoms with Gasteiger partial charge in [0.1, 0.15) is 28.8 Å². The number of hydrogen-bond acceptors (Lipinski definition) is 3. The van der Waals surface area contributed by atoms with Crippen molar-refractivity contribution in [3.63, 3.8) is 0 Å². The molecule has 0 bridgehead atoms. The Morgan fingerprint density at radius 2 is 0.580 bits per heavy atom. The quantitative estimate of drug-likeness (QED) is 0.177. The first-order chi connectivity index (χ1) is 34.2. The first-order valence-corrected chi connectivity index (χ1v) is 23.1. The van der Waals surface area contributed by atoms with Crippen LogP contribution >= 0.6 is 0 Å². The number of benzene rings is 10. The number of rotatable bonds is 4. The number of fused-ring (bicyclic) bond motifs is 16. The van der Waals surface area contributed by atoms with Gasteiger partial charge in [0, 0.05) is 53.9 Å². The molecule has 0 unspecified atom stereocenters. The predicted octanol–water partition coefficient (Wildman–Crippen LogP) is 15.7. The topological polar surface area (TPSA) is 80.4 Å². The highest BCUT2D eigenvalue weighted by molar-refractivity contribution is 6.22. The van der Waals surface area contributed by atoms with E-state index >= 15 is 0 Å². The summed E-state index contributed by atoms with van der Waals surface area (Å²) in [7, 11) is 0. The second-order valence-corrected chi connectivity index (χ2v) is 17.8. The van der Waals surface area contributed by atoms with Gasteiger partial charge in [-0.15, -0.1) is 0 Å². The van der Waals surface area contributed by atoms with Crippen LogP contribution in [-0.4, -0.2) is 18.3 Å². The average Bonchev–Trinajstić information content (AvgIpc) is 4.21. The molecule has 7 nitrogen and oxygen atoms in total. The molecule has 15 aromatic rings. The molecule has 0 N–H and O–H groups in total. The predicted molar refractivity (Wildman–Crippen MR) is 281 cm³/mol. The fourth-order valence-corrected chi connectivity index (χ4v) is 11.7. The van der Waals surface area contributed by atoms with Gasteiger partial charge in [-0.25, -0.2) is 0 Å². The molecular formula is C62H34N6O. The van der Waals surface area contributed by atoms with Crippen molar-refractivity contribution in [3.05, 3.63) is 217 Å². The van der Waals surface area contributed by atoms with Gasteiger partial charge in [-0.05, 0) is 54.6 Å². The minimum atomic E-state index is 0.343. The number of para-hydroxylation sites is 8. The zero-order valence-corrected chi connectivity index (χ0v) is 36.7. The molecule has 0 radical (unpaired) electrons. The molecule has 318 valence electrons. The molecule has 0 aliphatic heterocycles. The Balaban J connectivity index is 1.31. The maximum Gasteiger partial charge on any atom is 0.160 e. The van der Waals surface area contributed by atoms with E-state index in [1.165, 1.54) is 0 Å². The summed E-state index contributed by atoms with van der Waals surface area (Å²) in [6.45, 7) is 0. The first kappa shape index (κ1) is 37.4. The molecule has 0 amide bonds. The van der Waals surface area contributed by atoms with Crippen molar-refractivity contribution in [1.82, 2.24) is 18.3 Å². The molecule has 5 aromatic heterocycles. The zero-order chi connectivity index (χ0) is 45.5. The van der Waals surface area contributed by atoms with Gasteiger partial charge in [0.05, 0.1) is 66.9 Å². The largest absolute Gasteiger partial charge is 0.454 e. The molecule has 7 heteroatoms. The highest BCUT2D eigenvalue weighted by Crippen LogP contribution is 2.50.